The molecule has 1 saturated heterocycles. The molecule has 2 amide bonds. The maximum Gasteiger partial charge on any atom is 0.253 e. The van der Waals surface area contributed by atoms with E-state index >= 15 is 0 Å². The van der Waals surface area contributed by atoms with Gasteiger partial charge < -0.3 is 10.2 Å². The van der Waals surface area contributed by atoms with Gasteiger partial charge in [0.2, 0.25) is 10.0 Å². The van der Waals surface area contributed by atoms with Crippen LogP contribution < -0.4 is 5.32 Å². The number of hydrogen-bond donors (Lipinski definition) is 1. The predicted molar refractivity (Wildman–Crippen MR) is 141 cm³/mol. The lowest BCUT2D eigenvalue weighted by atomic mass is 9.89. The standard InChI is InChI=1S/C25H28Cl2N4O4S/c1-16-14-18(23(32)30(2)3)5-4-17(16)8-13-36(34,35)31-11-9-25(10-12-31)24(33)28-22(29-25)20-7-6-19(26)15-21(20)27/h4-7,14-15H,8-13H2,1-3H3,(H,28,29,33). The van der Waals surface area contributed by atoms with Gasteiger partial charge in [-0.05, 0) is 67.6 Å². The van der Waals surface area contributed by atoms with Gasteiger partial charge in [0.1, 0.15) is 11.4 Å². The summed E-state index contributed by atoms with van der Waals surface area (Å²) in [5.41, 5.74) is 1.90. The summed E-state index contributed by atoms with van der Waals surface area (Å²) < 4.78 is 27.6. The summed E-state index contributed by atoms with van der Waals surface area (Å²) in [4.78, 5) is 31.2. The van der Waals surface area contributed by atoms with Gasteiger partial charge in [0.05, 0.1) is 10.8 Å². The van der Waals surface area contributed by atoms with E-state index in [4.69, 9.17) is 23.2 Å². The zero-order chi connectivity index (χ0) is 26.3. The van der Waals surface area contributed by atoms with E-state index in [0.717, 1.165) is 11.1 Å². The number of benzene rings is 2. The summed E-state index contributed by atoms with van der Waals surface area (Å²) in [6, 6.07) is 10.3. The maximum absolute atomic E-state index is 13.1. The molecular formula is C25H28Cl2N4O4S. The average molecular weight is 551 g/mol. The van der Waals surface area contributed by atoms with Gasteiger partial charge in [0.25, 0.3) is 11.8 Å². The molecule has 8 nitrogen and oxygen atoms in total. The quantitative estimate of drug-likeness (QED) is 0.596. The van der Waals surface area contributed by atoms with Crippen molar-refractivity contribution in [2.75, 3.05) is 32.9 Å². The molecule has 4 rings (SSSR count). The molecule has 1 fully saturated rings. The molecule has 2 heterocycles. The fourth-order valence-electron chi connectivity index (χ4n) is 4.53. The molecule has 2 aromatic carbocycles. The number of nitrogens with zero attached hydrogens (tertiary/aromatic N) is 3. The van der Waals surface area contributed by atoms with E-state index in [0.29, 0.717) is 33.4 Å². The lowest BCUT2D eigenvalue weighted by Gasteiger charge is -2.34. The van der Waals surface area contributed by atoms with Crippen LogP contribution in [0.15, 0.2) is 41.4 Å². The summed E-state index contributed by atoms with van der Waals surface area (Å²) in [6.45, 7) is 2.28. The minimum atomic E-state index is -3.54. The monoisotopic (exact) mass is 550 g/mol. The molecular weight excluding hydrogens is 523 g/mol. The van der Waals surface area contributed by atoms with Crippen molar-refractivity contribution in [3.8, 4) is 0 Å². The van der Waals surface area contributed by atoms with Crippen LogP contribution in [0.1, 0.15) is 39.9 Å². The van der Waals surface area contributed by atoms with Gasteiger partial charge in [-0.25, -0.2) is 12.7 Å². The molecule has 36 heavy (non-hydrogen) atoms. The zero-order valence-corrected chi connectivity index (χ0v) is 22.7. The van der Waals surface area contributed by atoms with Crippen LogP contribution in [0.5, 0.6) is 0 Å². The molecule has 2 aromatic rings. The van der Waals surface area contributed by atoms with Gasteiger partial charge in [0.15, 0.2) is 0 Å². The smallest absolute Gasteiger partial charge is 0.253 e. The van der Waals surface area contributed by atoms with Crippen LogP contribution in [0, 0.1) is 6.92 Å². The molecule has 2 aliphatic rings. The second-order valence-electron chi connectivity index (χ2n) is 9.38. The Bertz CT molecular complexity index is 1350. The lowest BCUT2D eigenvalue weighted by molar-refractivity contribution is -0.124. The third-order valence-corrected chi connectivity index (χ3v) is 9.15. The molecule has 0 atom stereocenters. The summed E-state index contributed by atoms with van der Waals surface area (Å²) in [7, 11) is -0.158. The Balaban J connectivity index is 1.41. The number of hydrogen-bond acceptors (Lipinski definition) is 5. The third-order valence-electron chi connectivity index (χ3n) is 6.73. The lowest BCUT2D eigenvalue weighted by Crippen LogP contribution is -2.50. The molecule has 1 spiro atoms. The zero-order valence-electron chi connectivity index (χ0n) is 20.3. The molecule has 1 N–H and O–H groups in total. The number of piperidine rings is 1. The first-order valence-electron chi connectivity index (χ1n) is 11.6. The largest absolute Gasteiger partial charge is 0.345 e. The minimum Gasteiger partial charge on any atom is -0.345 e. The molecule has 0 aliphatic carbocycles. The van der Waals surface area contributed by atoms with E-state index in [9.17, 15) is 18.0 Å². The summed E-state index contributed by atoms with van der Waals surface area (Å²) in [6.07, 6.45) is 0.907. The number of aliphatic imine (C=N–C) groups is 1. The van der Waals surface area contributed by atoms with Crippen LogP contribution in [0.4, 0.5) is 0 Å². The Morgan fingerprint density at radius 3 is 2.44 bits per heavy atom. The van der Waals surface area contributed by atoms with Gasteiger partial charge in [-0.1, -0.05) is 29.3 Å². The van der Waals surface area contributed by atoms with Crippen LogP contribution in [-0.4, -0.2) is 73.7 Å². The highest BCUT2D eigenvalue weighted by molar-refractivity contribution is 7.89. The molecule has 2 aliphatic heterocycles. The SMILES string of the molecule is Cc1cc(C(=O)N(C)C)ccc1CCS(=O)(=O)N1CCC2(CC1)N=C(c1ccc(Cl)cc1Cl)NC2=O. The molecule has 0 radical (unpaired) electrons. The van der Waals surface area contributed by atoms with Crippen LogP contribution in [0.3, 0.4) is 0 Å². The van der Waals surface area contributed by atoms with Crippen molar-refractivity contribution in [1.29, 1.82) is 0 Å². The van der Waals surface area contributed by atoms with Crippen molar-refractivity contribution >= 4 is 50.9 Å². The molecule has 0 unspecified atom stereocenters. The van der Waals surface area contributed by atoms with Gasteiger partial charge in [-0.15, -0.1) is 0 Å². The second-order valence-corrected chi connectivity index (χ2v) is 12.3. The van der Waals surface area contributed by atoms with E-state index in [-0.39, 0.29) is 43.5 Å². The van der Waals surface area contributed by atoms with Crippen molar-refractivity contribution in [2.24, 2.45) is 4.99 Å². The van der Waals surface area contributed by atoms with Crippen molar-refractivity contribution in [2.45, 2.75) is 31.7 Å². The molecule has 11 heteroatoms. The Morgan fingerprint density at radius 1 is 1.14 bits per heavy atom. The van der Waals surface area contributed by atoms with Crippen molar-refractivity contribution in [1.82, 2.24) is 14.5 Å². The number of carbonyl (C=O) groups excluding carboxylic acids is 2. The number of rotatable bonds is 6. The van der Waals surface area contributed by atoms with Crippen molar-refractivity contribution in [3.63, 3.8) is 0 Å². The van der Waals surface area contributed by atoms with Crippen molar-refractivity contribution in [3.05, 3.63) is 68.7 Å². The predicted octanol–water partition coefficient (Wildman–Crippen LogP) is 3.29. The molecule has 192 valence electrons. The van der Waals surface area contributed by atoms with Gasteiger partial charge >= 0.3 is 0 Å². The van der Waals surface area contributed by atoms with E-state index in [1.165, 1.54) is 9.21 Å². The number of amidine groups is 1. The fourth-order valence-corrected chi connectivity index (χ4v) is 6.51. The first-order valence-corrected chi connectivity index (χ1v) is 13.9. The Morgan fingerprint density at radius 2 is 1.83 bits per heavy atom. The Labute approximate surface area is 221 Å². The topological polar surface area (TPSA) is 99.2 Å². The van der Waals surface area contributed by atoms with Crippen LogP contribution in [0.25, 0.3) is 0 Å². The van der Waals surface area contributed by atoms with Gasteiger partial charge in [-0.3, -0.25) is 14.6 Å². The highest BCUT2D eigenvalue weighted by atomic mass is 35.5. The first kappa shape index (κ1) is 26.6. The summed E-state index contributed by atoms with van der Waals surface area (Å²) >= 11 is 12.2. The van der Waals surface area contributed by atoms with Crippen LogP contribution in [-0.2, 0) is 21.2 Å². The van der Waals surface area contributed by atoms with Crippen LogP contribution >= 0.6 is 23.2 Å². The Kier molecular flexibility index (Phi) is 7.48. The molecule has 0 saturated carbocycles. The van der Waals surface area contributed by atoms with E-state index in [2.05, 4.69) is 10.3 Å². The average Bonchev–Trinajstić information content (AvgIpc) is 3.12. The van der Waals surface area contributed by atoms with E-state index in [1.54, 1.807) is 44.4 Å². The summed E-state index contributed by atoms with van der Waals surface area (Å²) in [5.74, 6) is -0.0177. The molecule has 0 bridgehead atoms. The Hall–Kier alpha value is -2.46. The normalized spacial score (nSPS) is 17.7. The second kappa shape index (κ2) is 10.1. The highest BCUT2D eigenvalue weighted by Crippen LogP contribution is 2.33. The third kappa shape index (κ3) is 5.29. The number of nitrogens with one attached hydrogen (secondary N) is 1. The van der Waals surface area contributed by atoms with Crippen molar-refractivity contribution < 1.29 is 18.0 Å². The van der Waals surface area contributed by atoms with E-state index in [1.807, 2.05) is 13.0 Å². The van der Waals surface area contributed by atoms with Gasteiger partial charge in [-0.2, -0.15) is 0 Å². The number of halogens is 2. The van der Waals surface area contributed by atoms with Gasteiger partial charge in [0, 0.05) is 43.3 Å². The van der Waals surface area contributed by atoms with E-state index < -0.39 is 15.6 Å². The number of sulfonamides is 1. The minimum absolute atomic E-state index is 0.0527. The molecule has 0 aromatic heterocycles. The number of carbonyl (C=O) groups is 2. The first-order chi connectivity index (χ1) is 16.9. The maximum atomic E-state index is 13.1. The van der Waals surface area contributed by atoms with Crippen LogP contribution in [0.2, 0.25) is 10.0 Å². The fraction of sp³-hybridized carbons (Fsp3) is 0.400. The number of aryl methyl sites for hydroxylation is 2. The summed E-state index contributed by atoms with van der Waals surface area (Å²) in [5, 5.41) is 3.67. The number of amides is 2. The highest BCUT2D eigenvalue weighted by Gasteiger charge is 2.47.